The zero-order chi connectivity index (χ0) is 17.9. The van der Waals surface area contributed by atoms with Crippen LogP contribution in [0.1, 0.15) is 24.0 Å². The van der Waals surface area contributed by atoms with E-state index in [2.05, 4.69) is 15.7 Å². The van der Waals surface area contributed by atoms with Crippen LogP contribution in [0.4, 0.5) is 0 Å². The first-order valence-corrected chi connectivity index (χ1v) is 10.4. The molecule has 7 heteroatoms. The third-order valence-electron chi connectivity index (χ3n) is 4.25. The van der Waals surface area contributed by atoms with Crippen LogP contribution in [0.15, 0.2) is 47.4 Å². The highest BCUT2D eigenvalue weighted by Gasteiger charge is 2.18. The highest BCUT2D eigenvalue weighted by atomic mass is 35.5. The number of sulfonamides is 1. The quantitative estimate of drug-likeness (QED) is 0.797. The summed E-state index contributed by atoms with van der Waals surface area (Å²) in [7, 11) is -3.72. The topological polar surface area (TPSA) is 49.4 Å². The van der Waals surface area contributed by atoms with E-state index in [9.17, 15) is 8.42 Å². The molecule has 25 heavy (non-hydrogen) atoms. The Balaban J connectivity index is 1.69. The smallest absolute Gasteiger partial charge is 0.242 e. The molecule has 1 N–H and O–H groups in total. The zero-order valence-corrected chi connectivity index (χ0v) is 16.0. The van der Waals surface area contributed by atoms with Crippen LogP contribution >= 0.6 is 23.2 Å². The lowest BCUT2D eigenvalue weighted by molar-refractivity contribution is 0.331. The average molecular weight is 399 g/mol. The number of benzene rings is 2. The largest absolute Gasteiger partial charge is 0.299 e. The van der Waals surface area contributed by atoms with Gasteiger partial charge in [0.1, 0.15) is 4.90 Å². The van der Waals surface area contributed by atoms with Gasteiger partial charge in [-0.2, -0.15) is 0 Å². The SMILES string of the molecule is O=S(=O)(NCc1cccc(CN2CCCC2)c1)c1cc(Cl)ccc1Cl. The fourth-order valence-corrected chi connectivity index (χ4v) is 4.75. The fourth-order valence-electron chi connectivity index (χ4n) is 2.98. The van der Waals surface area contributed by atoms with Crippen molar-refractivity contribution >= 4 is 33.2 Å². The molecule has 4 nitrogen and oxygen atoms in total. The molecule has 1 heterocycles. The molecule has 0 radical (unpaired) electrons. The van der Waals surface area contributed by atoms with Crippen molar-refractivity contribution in [2.45, 2.75) is 30.8 Å². The normalized spacial score (nSPS) is 15.6. The minimum absolute atomic E-state index is 0.00473. The molecule has 0 amide bonds. The van der Waals surface area contributed by atoms with Gasteiger partial charge in [-0.25, -0.2) is 13.1 Å². The predicted molar refractivity (Wildman–Crippen MR) is 101 cm³/mol. The maximum Gasteiger partial charge on any atom is 0.242 e. The van der Waals surface area contributed by atoms with Crippen molar-refractivity contribution in [2.75, 3.05) is 13.1 Å². The maximum absolute atomic E-state index is 12.5. The van der Waals surface area contributed by atoms with Crippen molar-refractivity contribution < 1.29 is 8.42 Å². The van der Waals surface area contributed by atoms with Gasteiger partial charge in [-0.15, -0.1) is 0 Å². The van der Waals surface area contributed by atoms with E-state index in [0.29, 0.717) is 5.02 Å². The predicted octanol–water partition coefficient (Wildman–Crippen LogP) is 4.07. The highest BCUT2D eigenvalue weighted by Crippen LogP contribution is 2.25. The van der Waals surface area contributed by atoms with Crippen LogP contribution in [0.2, 0.25) is 10.0 Å². The first kappa shape index (κ1) is 18.7. The second-order valence-electron chi connectivity index (χ2n) is 6.20. The summed E-state index contributed by atoms with van der Waals surface area (Å²) in [4.78, 5) is 2.41. The van der Waals surface area contributed by atoms with Gasteiger partial charge in [-0.1, -0.05) is 47.5 Å². The van der Waals surface area contributed by atoms with Crippen molar-refractivity contribution in [1.82, 2.24) is 9.62 Å². The summed E-state index contributed by atoms with van der Waals surface area (Å²) in [6, 6.07) is 12.4. The van der Waals surface area contributed by atoms with Crippen molar-refractivity contribution in [1.29, 1.82) is 0 Å². The lowest BCUT2D eigenvalue weighted by atomic mass is 10.1. The lowest BCUT2D eigenvalue weighted by Crippen LogP contribution is -2.24. The van der Waals surface area contributed by atoms with Crippen LogP contribution in [-0.2, 0) is 23.1 Å². The Bertz CT molecular complexity index is 850. The fraction of sp³-hybridized carbons (Fsp3) is 0.333. The molecule has 1 saturated heterocycles. The Morgan fingerprint density at radius 2 is 1.72 bits per heavy atom. The van der Waals surface area contributed by atoms with E-state index in [4.69, 9.17) is 23.2 Å². The van der Waals surface area contributed by atoms with E-state index in [1.165, 1.54) is 30.5 Å². The van der Waals surface area contributed by atoms with Gasteiger partial charge in [0.2, 0.25) is 10.0 Å². The summed E-state index contributed by atoms with van der Waals surface area (Å²) in [5.74, 6) is 0. The van der Waals surface area contributed by atoms with Crippen molar-refractivity contribution in [3.05, 3.63) is 63.6 Å². The molecular formula is C18H20Cl2N2O2S. The average Bonchev–Trinajstić information content (AvgIpc) is 3.08. The number of nitrogens with one attached hydrogen (secondary N) is 1. The van der Waals surface area contributed by atoms with Crippen molar-refractivity contribution in [2.24, 2.45) is 0 Å². The molecule has 1 fully saturated rings. The lowest BCUT2D eigenvalue weighted by Gasteiger charge is -2.15. The third kappa shape index (κ3) is 4.96. The van der Waals surface area contributed by atoms with Crippen LogP contribution < -0.4 is 4.72 Å². The number of likely N-dealkylation sites (tertiary alicyclic amines) is 1. The molecule has 0 saturated carbocycles. The van der Waals surface area contributed by atoms with Gasteiger partial charge in [-0.05, 0) is 55.3 Å². The molecule has 0 unspecified atom stereocenters. The number of rotatable bonds is 6. The Labute approximate surface area is 158 Å². The molecule has 0 aliphatic carbocycles. The molecule has 0 spiro atoms. The Morgan fingerprint density at radius 1 is 1.00 bits per heavy atom. The number of hydrogen-bond acceptors (Lipinski definition) is 3. The van der Waals surface area contributed by atoms with Gasteiger partial charge in [0.25, 0.3) is 0 Å². The summed E-state index contributed by atoms with van der Waals surface area (Å²) in [5.41, 5.74) is 2.11. The van der Waals surface area contributed by atoms with Crippen molar-refractivity contribution in [3.8, 4) is 0 Å². The van der Waals surface area contributed by atoms with Gasteiger partial charge in [0.05, 0.1) is 5.02 Å². The molecule has 1 aliphatic heterocycles. The number of halogens is 2. The Kier molecular flexibility index (Phi) is 6.02. The summed E-state index contributed by atoms with van der Waals surface area (Å²) in [6.45, 7) is 3.37. The number of nitrogens with zero attached hydrogens (tertiary/aromatic N) is 1. The summed E-state index contributed by atoms with van der Waals surface area (Å²) in [6.07, 6.45) is 2.50. The zero-order valence-electron chi connectivity index (χ0n) is 13.7. The summed E-state index contributed by atoms with van der Waals surface area (Å²) in [5, 5.41) is 0.483. The molecule has 0 aromatic heterocycles. The van der Waals surface area contributed by atoms with Gasteiger partial charge >= 0.3 is 0 Å². The van der Waals surface area contributed by atoms with Crippen LogP contribution in [0.25, 0.3) is 0 Å². The monoisotopic (exact) mass is 398 g/mol. The van der Waals surface area contributed by atoms with Crippen LogP contribution in [-0.4, -0.2) is 26.4 Å². The van der Waals surface area contributed by atoms with E-state index in [-0.39, 0.29) is 16.5 Å². The number of hydrogen-bond donors (Lipinski definition) is 1. The molecule has 2 aromatic rings. The molecule has 0 bridgehead atoms. The molecule has 2 aromatic carbocycles. The molecule has 3 rings (SSSR count). The minimum Gasteiger partial charge on any atom is -0.299 e. The summed E-state index contributed by atoms with van der Waals surface area (Å²) < 4.78 is 27.6. The van der Waals surface area contributed by atoms with Crippen LogP contribution in [0.3, 0.4) is 0 Å². The van der Waals surface area contributed by atoms with Gasteiger partial charge in [-0.3, -0.25) is 4.90 Å². The minimum atomic E-state index is -3.72. The molecule has 1 aliphatic rings. The first-order valence-electron chi connectivity index (χ1n) is 8.19. The van der Waals surface area contributed by atoms with Gasteiger partial charge < -0.3 is 0 Å². The highest BCUT2D eigenvalue weighted by molar-refractivity contribution is 7.89. The van der Waals surface area contributed by atoms with E-state index in [1.54, 1.807) is 6.07 Å². The van der Waals surface area contributed by atoms with E-state index >= 15 is 0 Å². The van der Waals surface area contributed by atoms with Crippen LogP contribution in [0, 0.1) is 0 Å². The van der Waals surface area contributed by atoms with E-state index < -0.39 is 10.0 Å². The third-order valence-corrected chi connectivity index (χ3v) is 6.36. The molecule has 0 atom stereocenters. The van der Waals surface area contributed by atoms with E-state index in [1.807, 2.05) is 18.2 Å². The van der Waals surface area contributed by atoms with Gasteiger partial charge in [0.15, 0.2) is 0 Å². The maximum atomic E-state index is 12.5. The first-order chi connectivity index (χ1) is 11.9. The Morgan fingerprint density at radius 3 is 2.48 bits per heavy atom. The second-order valence-corrected chi connectivity index (χ2v) is 8.78. The standard InChI is InChI=1S/C18H20Cl2N2O2S/c19-16-6-7-17(20)18(11-16)25(23,24)21-12-14-4-3-5-15(10-14)13-22-8-1-2-9-22/h3-7,10-11,21H,1-2,8-9,12-13H2. The summed E-state index contributed by atoms with van der Waals surface area (Å²) >= 11 is 11.9. The second kappa shape index (κ2) is 8.06. The molecular weight excluding hydrogens is 379 g/mol. The van der Waals surface area contributed by atoms with E-state index in [0.717, 1.165) is 25.2 Å². The van der Waals surface area contributed by atoms with Crippen molar-refractivity contribution in [3.63, 3.8) is 0 Å². The van der Waals surface area contributed by atoms with Gasteiger partial charge in [0, 0.05) is 18.1 Å². The Hall–Kier alpha value is -1.11. The molecule has 134 valence electrons. The van der Waals surface area contributed by atoms with Crippen LogP contribution in [0.5, 0.6) is 0 Å².